The second-order valence-corrected chi connectivity index (χ2v) is 7.64. The fourth-order valence-electron chi connectivity index (χ4n) is 2.84. The number of carbonyl (C=O) groups is 1. The van der Waals surface area contributed by atoms with Gasteiger partial charge in [0.15, 0.2) is 0 Å². The van der Waals surface area contributed by atoms with Crippen molar-refractivity contribution in [1.29, 1.82) is 0 Å². The predicted octanol–water partition coefficient (Wildman–Crippen LogP) is 4.92. The van der Waals surface area contributed by atoms with Gasteiger partial charge in [0.05, 0.1) is 12.2 Å². The molecule has 0 aliphatic rings. The van der Waals surface area contributed by atoms with Crippen LogP contribution < -0.4 is 4.74 Å². The number of amides is 1. The van der Waals surface area contributed by atoms with Crippen molar-refractivity contribution in [3.63, 3.8) is 0 Å². The van der Waals surface area contributed by atoms with E-state index in [0.29, 0.717) is 13.2 Å². The molecule has 0 aliphatic heterocycles. The Kier molecular flexibility index (Phi) is 5.91. The Morgan fingerprint density at radius 1 is 1.07 bits per heavy atom. The van der Waals surface area contributed by atoms with Crippen LogP contribution in [0.15, 0.2) is 47.8 Å². The molecule has 3 rings (SSSR count). The van der Waals surface area contributed by atoms with Crippen LogP contribution in [0, 0.1) is 20.8 Å². The Morgan fingerprint density at radius 2 is 1.81 bits per heavy atom. The summed E-state index contributed by atoms with van der Waals surface area (Å²) in [6.07, 6.45) is 0. The van der Waals surface area contributed by atoms with E-state index in [0.717, 1.165) is 33.1 Å². The van der Waals surface area contributed by atoms with Gasteiger partial charge < -0.3 is 9.64 Å². The Balaban J connectivity index is 1.61. The maximum absolute atomic E-state index is 12.6. The molecule has 0 aliphatic carbocycles. The third kappa shape index (κ3) is 4.55. The van der Waals surface area contributed by atoms with E-state index >= 15 is 0 Å². The number of hydrogen-bond acceptors (Lipinski definition) is 4. The van der Waals surface area contributed by atoms with Crippen LogP contribution in [0.1, 0.15) is 37.7 Å². The van der Waals surface area contributed by atoms with Crippen LogP contribution in [-0.2, 0) is 13.2 Å². The van der Waals surface area contributed by atoms with Crippen molar-refractivity contribution in [1.82, 2.24) is 9.88 Å². The standard InChI is InChI=1S/C22H24N2O2S/c1-15-9-7-11-20(17(15)3)26-13-21-23-18(14-27-21)12-24(4)22(25)19-10-6-5-8-16(19)2/h5-11,14H,12-13H2,1-4H3. The zero-order chi connectivity index (χ0) is 19.4. The number of rotatable bonds is 6. The molecule has 0 saturated heterocycles. The minimum Gasteiger partial charge on any atom is -0.486 e. The molecule has 0 bridgehead atoms. The lowest BCUT2D eigenvalue weighted by molar-refractivity contribution is 0.0783. The van der Waals surface area contributed by atoms with E-state index < -0.39 is 0 Å². The van der Waals surface area contributed by atoms with Gasteiger partial charge >= 0.3 is 0 Å². The number of nitrogens with zero attached hydrogens (tertiary/aromatic N) is 2. The molecular weight excluding hydrogens is 356 g/mol. The van der Waals surface area contributed by atoms with Crippen LogP contribution in [-0.4, -0.2) is 22.8 Å². The number of hydrogen-bond donors (Lipinski definition) is 0. The summed E-state index contributed by atoms with van der Waals surface area (Å²) in [4.78, 5) is 19.0. The average Bonchev–Trinajstić information content (AvgIpc) is 3.10. The lowest BCUT2D eigenvalue weighted by atomic mass is 10.1. The third-order valence-corrected chi connectivity index (χ3v) is 5.50. The number of benzene rings is 2. The molecule has 1 amide bonds. The quantitative estimate of drug-likeness (QED) is 0.610. The largest absolute Gasteiger partial charge is 0.486 e. The summed E-state index contributed by atoms with van der Waals surface area (Å²) in [5, 5.41) is 2.89. The minimum atomic E-state index is 0.00860. The van der Waals surface area contributed by atoms with Crippen molar-refractivity contribution in [2.45, 2.75) is 33.9 Å². The topological polar surface area (TPSA) is 42.4 Å². The molecule has 0 unspecified atom stereocenters. The molecule has 0 fully saturated rings. The van der Waals surface area contributed by atoms with Crippen LogP contribution in [0.3, 0.4) is 0 Å². The summed E-state index contributed by atoms with van der Waals surface area (Å²) < 4.78 is 5.92. The van der Waals surface area contributed by atoms with E-state index in [1.807, 2.05) is 48.7 Å². The van der Waals surface area contributed by atoms with E-state index in [-0.39, 0.29) is 5.91 Å². The lowest BCUT2D eigenvalue weighted by Gasteiger charge is -2.17. The highest BCUT2D eigenvalue weighted by Crippen LogP contribution is 2.22. The van der Waals surface area contributed by atoms with Gasteiger partial charge in [-0.3, -0.25) is 4.79 Å². The third-order valence-electron chi connectivity index (χ3n) is 4.63. The molecule has 0 saturated carbocycles. The molecule has 0 spiro atoms. The summed E-state index contributed by atoms with van der Waals surface area (Å²) in [5.74, 6) is 0.896. The smallest absolute Gasteiger partial charge is 0.254 e. The van der Waals surface area contributed by atoms with Gasteiger partial charge in [-0.1, -0.05) is 30.3 Å². The van der Waals surface area contributed by atoms with Crippen molar-refractivity contribution < 1.29 is 9.53 Å². The molecule has 27 heavy (non-hydrogen) atoms. The van der Waals surface area contributed by atoms with Crippen LogP contribution in [0.2, 0.25) is 0 Å². The first-order chi connectivity index (χ1) is 13.0. The summed E-state index contributed by atoms with van der Waals surface area (Å²) in [7, 11) is 1.81. The zero-order valence-corrected chi connectivity index (χ0v) is 17.0. The normalized spacial score (nSPS) is 10.7. The number of aryl methyl sites for hydroxylation is 2. The Labute approximate surface area is 164 Å². The summed E-state index contributed by atoms with van der Waals surface area (Å²) in [6, 6.07) is 13.7. The van der Waals surface area contributed by atoms with Crippen LogP contribution in [0.25, 0.3) is 0 Å². The van der Waals surface area contributed by atoms with E-state index in [2.05, 4.69) is 24.9 Å². The minimum absolute atomic E-state index is 0.00860. The maximum atomic E-state index is 12.6. The molecular formula is C22H24N2O2S. The summed E-state index contributed by atoms with van der Waals surface area (Å²) in [5.41, 5.74) is 4.95. The maximum Gasteiger partial charge on any atom is 0.254 e. The first-order valence-electron chi connectivity index (χ1n) is 8.89. The van der Waals surface area contributed by atoms with E-state index in [4.69, 9.17) is 4.74 Å². The van der Waals surface area contributed by atoms with Gasteiger partial charge in [0.1, 0.15) is 17.4 Å². The lowest BCUT2D eigenvalue weighted by Crippen LogP contribution is -2.27. The number of aromatic nitrogens is 1. The summed E-state index contributed by atoms with van der Waals surface area (Å²) in [6.45, 7) is 7.00. The molecule has 4 nitrogen and oxygen atoms in total. The highest BCUT2D eigenvalue weighted by atomic mass is 32.1. The number of ether oxygens (including phenoxy) is 1. The van der Waals surface area contributed by atoms with Gasteiger partial charge in [-0.2, -0.15) is 0 Å². The van der Waals surface area contributed by atoms with E-state index in [9.17, 15) is 4.79 Å². The molecule has 5 heteroatoms. The van der Waals surface area contributed by atoms with Crippen molar-refractivity contribution in [3.05, 3.63) is 80.8 Å². The van der Waals surface area contributed by atoms with Crippen molar-refractivity contribution >= 4 is 17.2 Å². The van der Waals surface area contributed by atoms with Gasteiger partial charge in [-0.25, -0.2) is 4.98 Å². The highest BCUT2D eigenvalue weighted by Gasteiger charge is 2.15. The SMILES string of the molecule is Cc1ccccc1C(=O)N(C)Cc1csc(COc2cccc(C)c2C)n1. The first-order valence-corrected chi connectivity index (χ1v) is 9.77. The zero-order valence-electron chi connectivity index (χ0n) is 16.2. The van der Waals surface area contributed by atoms with Crippen LogP contribution in [0.4, 0.5) is 0 Å². The van der Waals surface area contributed by atoms with Gasteiger partial charge in [-0.05, 0) is 49.6 Å². The predicted molar refractivity (Wildman–Crippen MR) is 109 cm³/mol. The van der Waals surface area contributed by atoms with Gasteiger partial charge in [0, 0.05) is 18.0 Å². The number of carbonyl (C=O) groups excluding carboxylic acids is 1. The van der Waals surface area contributed by atoms with Gasteiger partial charge in [0.2, 0.25) is 0 Å². The number of thiazole rings is 1. The molecule has 3 aromatic rings. The van der Waals surface area contributed by atoms with Crippen LogP contribution >= 0.6 is 11.3 Å². The van der Waals surface area contributed by atoms with Crippen molar-refractivity contribution in [2.24, 2.45) is 0 Å². The molecule has 1 aromatic heterocycles. The Hall–Kier alpha value is -2.66. The Morgan fingerprint density at radius 3 is 2.59 bits per heavy atom. The molecule has 0 N–H and O–H groups in total. The summed E-state index contributed by atoms with van der Waals surface area (Å²) >= 11 is 1.56. The highest BCUT2D eigenvalue weighted by molar-refractivity contribution is 7.09. The fraction of sp³-hybridized carbons (Fsp3) is 0.273. The monoisotopic (exact) mass is 380 g/mol. The molecule has 0 radical (unpaired) electrons. The van der Waals surface area contributed by atoms with Crippen molar-refractivity contribution in [2.75, 3.05) is 7.05 Å². The first kappa shape index (κ1) is 19.1. The van der Waals surface area contributed by atoms with Gasteiger partial charge in [0.25, 0.3) is 5.91 Å². The second-order valence-electron chi connectivity index (χ2n) is 6.70. The van der Waals surface area contributed by atoms with E-state index in [1.54, 1.807) is 23.3 Å². The molecule has 0 atom stereocenters. The van der Waals surface area contributed by atoms with Gasteiger partial charge in [-0.15, -0.1) is 11.3 Å². The molecule has 2 aromatic carbocycles. The van der Waals surface area contributed by atoms with Crippen LogP contribution in [0.5, 0.6) is 5.75 Å². The fourth-order valence-corrected chi connectivity index (χ4v) is 3.54. The molecule has 140 valence electrons. The molecule has 1 heterocycles. The second kappa shape index (κ2) is 8.35. The van der Waals surface area contributed by atoms with E-state index in [1.165, 1.54) is 5.56 Å². The van der Waals surface area contributed by atoms with Crippen molar-refractivity contribution in [3.8, 4) is 5.75 Å². The Bertz CT molecular complexity index is 949. The average molecular weight is 381 g/mol.